The number of halogens is 18. The lowest BCUT2D eigenvalue weighted by Gasteiger charge is -2.44. The van der Waals surface area contributed by atoms with Crippen LogP contribution in [0.3, 0.4) is 0 Å². The van der Waals surface area contributed by atoms with Crippen LogP contribution in [0.15, 0.2) is 0 Å². The summed E-state index contributed by atoms with van der Waals surface area (Å²) in [7, 11) is 0. The molecule has 0 amide bonds. The molecule has 0 aromatic heterocycles. The fourth-order valence-corrected chi connectivity index (χ4v) is 1.71. The fourth-order valence-electron chi connectivity index (χ4n) is 1.71. The molecule has 0 saturated carbocycles. The maximum atomic E-state index is 13.6. The summed E-state index contributed by atoms with van der Waals surface area (Å²) in [5.41, 5.74) is -3.47. The van der Waals surface area contributed by atoms with E-state index in [0.717, 1.165) is 0 Å². The van der Waals surface area contributed by atoms with E-state index in [-0.39, 0.29) is 20.8 Å². The van der Waals surface area contributed by atoms with Crippen molar-refractivity contribution in [2.75, 3.05) is 0 Å². The van der Waals surface area contributed by atoms with Crippen LogP contribution in [0.25, 0.3) is 0 Å². The standard InChI is InChI=1S/C13H10F18O2.C2H6/c1-4(2,3)5(14,15)6(16,17)7(18,19)8(20,21)9(22,23)12(28,29)33-13(30,31)10(24,25)11(26,27)32;1-2/h32H,1-3H3;1-2H3. The van der Waals surface area contributed by atoms with Gasteiger partial charge in [0, 0.05) is 5.41 Å². The van der Waals surface area contributed by atoms with Gasteiger partial charge in [-0.2, -0.15) is 79.0 Å². The summed E-state index contributed by atoms with van der Waals surface area (Å²) in [6.07, 6.45) is -23.0. The first-order valence-electron chi connectivity index (χ1n) is 8.53. The molecule has 0 aliphatic heterocycles. The summed E-state index contributed by atoms with van der Waals surface area (Å²) in [6.45, 7) is 3.92. The number of hydrogen-bond donors (Lipinski definition) is 1. The third kappa shape index (κ3) is 5.22. The van der Waals surface area contributed by atoms with Crippen LogP contribution in [0.2, 0.25) is 0 Å². The van der Waals surface area contributed by atoms with Gasteiger partial charge in [0.2, 0.25) is 0 Å². The van der Waals surface area contributed by atoms with Crippen LogP contribution in [0, 0.1) is 5.41 Å². The zero-order valence-electron chi connectivity index (χ0n) is 17.7. The van der Waals surface area contributed by atoms with Crippen LogP contribution in [0.5, 0.6) is 0 Å². The summed E-state index contributed by atoms with van der Waals surface area (Å²) in [5.74, 6) is -46.9. The molecule has 0 aromatic rings. The third-order valence-corrected chi connectivity index (χ3v) is 3.88. The minimum Gasteiger partial charge on any atom is -0.331 e. The molecule has 0 unspecified atom stereocenters. The Bertz CT molecular complexity index is 716. The van der Waals surface area contributed by atoms with E-state index in [4.69, 9.17) is 5.11 Å². The molecule has 0 aliphatic rings. The SMILES string of the molecule is CC.CC(C)(C)C(F)(F)C(F)(F)C(F)(F)C(F)(F)C(F)(F)C(F)(F)OC(F)(F)C(F)(F)C(O)(F)F. The molecule has 0 radical (unpaired) electrons. The number of aliphatic hydroxyl groups is 1. The van der Waals surface area contributed by atoms with Gasteiger partial charge in [-0.3, -0.25) is 0 Å². The number of ether oxygens (including phenoxy) is 1. The van der Waals surface area contributed by atoms with Crippen LogP contribution < -0.4 is 0 Å². The Morgan fingerprint density at radius 3 is 0.886 bits per heavy atom. The van der Waals surface area contributed by atoms with E-state index < -0.39 is 59.3 Å². The van der Waals surface area contributed by atoms with Crippen LogP contribution in [0.4, 0.5) is 79.0 Å². The van der Waals surface area contributed by atoms with E-state index in [9.17, 15) is 79.0 Å². The zero-order chi connectivity index (χ0) is 29.7. The summed E-state index contributed by atoms with van der Waals surface area (Å²) in [5, 5.41) is 7.52. The van der Waals surface area contributed by atoms with Crippen LogP contribution >= 0.6 is 0 Å². The first kappa shape index (κ1) is 35.8. The van der Waals surface area contributed by atoms with Crippen molar-refractivity contribution >= 4 is 0 Å². The minimum absolute atomic E-state index is 0.0251. The Labute approximate surface area is 184 Å². The van der Waals surface area contributed by atoms with Gasteiger partial charge in [-0.15, -0.1) is 0 Å². The van der Waals surface area contributed by atoms with E-state index in [2.05, 4.69) is 0 Å². The van der Waals surface area contributed by atoms with Crippen molar-refractivity contribution in [2.24, 2.45) is 5.41 Å². The number of alkyl halides is 18. The van der Waals surface area contributed by atoms with Gasteiger partial charge in [0.1, 0.15) is 0 Å². The highest BCUT2D eigenvalue weighted by Crippen LogP contribution is 2.63. The van der Waals surface area contributed by atoms with Gasteiger partial charge in [0.25, 0.3) is 0 Å². The highest BCUT2D eigenvalue weighted by Gasteiger charge is 2.92. The van der Waals surface area contributed by atoms with E-state index in [1.54, 1.807) is 0 Å². The Morgan fingerprint density at radius 1 is 0.400 bits per heavy atom. The predicted octanol–water partition coefficient (Wildman–Crippen LogP) is 7.66. The molecule has 35 heavy (non-hydrogen) atoms. The molecule has 1 N–H and O–H groups in total. The lowest BCUT2D eigenvalue weighted by molar-refractivity contribution is -0.526. The molecular weight excluding hydrogens is 554 g/mol. The average Bonchev–Trinajstić information content (AvgIpc) is 2.59. The minimum atomic E-state index is -8.49. The van der Waals surface area contributed by atoms with Crippen molar-refractivity contribution < 1.29 is 88.9 Å². The largest absolute Gasteiger partial charge is 0.433 e. The number of rotatable bonds is 9. The van der Waals surface area contributed by atoms with Crippen molar-refractivity contribution in [1.29, 1.82) is 0 Å². The summed E-state index contributed by atoms with van der Waals surface area (Å²) >= 11 is 0. The van der Waals surface area contributed by atoms with Crippen molar-refractivity contribution in [3.8, 4) is 0 Å². The molecule has 0 rings (SSSR count). The predicted molar refractivity (Wildman–Crippen MR) is 78.6 cm³/mol. The van der Waals surface area contributed by atoms with Gasteiger partial charge in [0.15, 0.2) is 0 Å². The van der Waals surface area contributed by atoms with Crippen LogP contribution in [-0.4, -0.2) is 59.0 Å². The number of hydrogen-bond acceptors (Lipinski definition) is 2. The topological polar surface area (TPSA) is 29.5 Å². The normalized spacial score (nSPS) is 16.1. The Kier molecular flexibility index (Phi) is 9.41. The van der Waals surface area contributed by atoms with Gasteiger partial charge in [-0.1, -0.05) is 34.6 Å². The summed E-state index contributed by atoms with van der Waals surface area (Å²) in [4.78, 5) is 0. The molecule has 0 spiro atoms. The molecule has 2 nitrogen and oxygen atoms in total. The molecule has 20 heteroatoms. The molecule has 0 aliphatic carbocycles. The molecule has 0 atom stereocenters. The molecule has 0 heterocycles. The van der Waals surface area contributed by atoms with Gasteiger partial charge >= 0.3 is 53.9 Å². The summed E-state index contributed by atoms with van der Waals surface area (Å²) < 4.78 is 238. The highest BCUT2D eigenvalue weighted by atomic mass is 19.4. The molecule has 0 aromatic carbocycles. The van der Waals surface area contributed by atoms with E-state index in [1.165, 1.54) is 4.74 Å². The van der Waals surface area contributed by atoms with E-state index in [1.807, 2.05) is 13.8 Å². The molecule has 0 fully saturated rings. The Balaban J connectivity index is 0. The molecule has 0 bridgehead atoms. The van der Waals surface area contributed by atoms with Gasteiger partial charge < -0.3 is 5.11 Å². The second-order valence-corrected chi connectivity index (χ2v) is 7.37. The third-order valence-electron chi connectivity index (χ3n) is 3.88. The van der Waals surface area contributed by atoms with Crippen molar-refractivity contribution in [3.05, 3.63) is 0 Å². The van der Waals surface area contributed by atoms with Crippen LogP contribution in [-0.2, 0) is 4.74 Å². The second-order valence-electron chi connectivity index (χ2n) is 7.37. The first-order valence-corrected chi connectivity index (χ1v) is 8.53. The van der Waals surface area contributed by atoms with Gasteiger partial charge in [0.05, 0.1) is 0 Å². The lowest BCUT2D eigenvalue weighted by Crippen LogP contribution is -2.73. The first-order chi connectivity index (χ1) is 14.7. The fraction of sp³-hybridized carbons (Fsp3) is 1.00. The second kappa shape index (κ2) is 9.20. The van der Waals surface area contributed by atoms with Crippen molar-refractivity contribution in [2.45, 2.75) is 88.5 Å². The van der Waals surface area contributed by atoms with E-state index in [0.29, 0.717) is 0 Å². The van der Waals surface area contributed by atoms with Gasteiger partial charge in [-0.05, 0) is 0 Å². The highest BCUT2D eigenvalue weighted by molar-refractivity contribution is 5.12. The van der Waals surface area contributed by atoms with Crippen LogP contribution in [0.1, 0.15) is 34.6 Å². The monoisotopic (exact) mass is 570 g/mol. The van der Waals surface area contributed by atoms with Crippen molar-refractivity contribution in [1.82, 2.24) is 0 Å². The van der Waals surface area contributed by atoms with Crippen molar-refractivity contribution in [3.63, 3.8) is 0 Å². The molecule has 0 saturated heterocycles. The molecular formula is C15H16F18O2. The summed E-state index contributed by atoms with van der Waals surface area (Å²) in [6, 6.07) is 0. The van der Waals surface area contributed by atoms with Gasteiger partial charge in [-0.25, -0.2) is 4.74 Å². The zero-order valence-corrected chi connectivity index (χ0v) is 17.7. The Hall–Kier alpha value is -1.34. The quantitative estimate of drug-likeness (QED) is 0.289. The maximum absolute atomic E-state index is 13.6. The molecule has 214 valence electrons. The van der Waals surface area contributed by atoms with E-state index >= 15 is 0 Å². The smallest absolute Gasteiger partial charge is 0.331 e. The maximum Gasteiger partial charge on any atom is 0.433 e. The lowest BCUT2D eigenvalue weighted by atomic mass is 9.80. The average molecular weight is 570 g/mol. The Morgan fingerprint density at radius 2 is 0.629 bits per heavy atom.